The highest BCUT2D eigenvalue weighted by molar-refractivity contribution is 5.26. The van der Waals surface area contributed by atoms with Crippen molar-refractivity contribution in [2.45, 2.75) is 52.0 Å². The lowest BCUT2D eigenvalue weighted by Crippen LogP contribution is -2.26. The van der Waals surface area contributed by atoms with Gasteiger partial charge in [0.1, 0.15) is 0 Å². The number of hydrogen-bond donors (Lipinski definition) is 1. The summed E-state index contributed by atoms with van der Waals surface area (Å²) in [6.45, 7) is 4.30. The minimum absolute atomic E-state index is 0.575. The Hall–Kier alpha value is -1.12. The highest BCUT2D eigenvalue weighted by Gasteiger charge is 2.20. The molecule has 0 atom stereocenters. The quantitative estimate of drug-likeness (QED) is 0.848. The normalized spacial score (nSPS) is 25.4. The molecule has 0 bridgehead atoms. The van der Waals surface area contributed by atoms with Crippen LogP contribution in [0.2, 0.25) is 0 Å². The van der Waals surface area contributed by atoms with Gasteiger partial charge in [0.15, 0.2) is 0 Å². The molecule has 1 aliphatic rings. The van der Waals surface area contributed by atoms with Crippen molar-refractivity contribution in [3.05, 3.63) is 18.0 Å². The molecule has 1 saturated carbocycles. The molecule has 0 spiro atoms. The van der Waals surface area contributed by atoms with Crippen LogP contribution >= 0.6 is 0 Å². The van der Waals surface area contributed by atoms with Crippen molar-refractivity contribution in [1.29, 1.82) is 0 Å². The summed E-state index contributed by atoms with van der Waals surface area (Å²) in [5, 5.41) is 3.43. The van der Waals surface area contributed by atoms with E-state index in [1.54, 1.807) is 0 Å². The van der Waals surface area contributed by atoms with Gasteiger partial charge >= 0.3 is 0 Å². The summed E-state index contributed by atoms with van der Waals surface area (Å²) in [5.41, 5.74) is 1.11. The second kappa shape index (κ2) is 5.28. The number of hydrogen-bond acceptors (Lipinski definition) is 3. The van der Waals surface area contributed by atoms with Crippen molar-refractivity contribution in [3.63, 3.8) is 0 Å². The first-order valence-electron chi connectivity index (χ1n) is 6.33. The molecule has 0 unspecified atom stereocenters. The highest BCUT2D eigenvalue weighted by atomic mass is 15.1. The van der Waals surface area contributed by atoms with Crippen molar-refractivity contribution in [1.82, 2.24) is 9.97 Å². The summed E-state index contributed by atoms with van der Waals surface area (Å²) >= 11 is 0. The van der Waals surface area contributed by atoms with E-state index in [0.717, 1.165) is 17.4 Å². The lowest BCUT2D eigenvalue weighted by molar-refractivity contribution is 0.329. The molecule has 0 aromatic carbocycles. The molecular formula is C13H21N3. The predicted molar refractivity (Wildman–Crippen MR) is 66.4 cm³/mol. The molecule has 0 radical (unpaired) electrons. The van der Waals surface area contributed by atoms with Crippen molar-refractivity contribution in [2.24, 2.45) is 5.92 Å². The van der Waals surface area contributed by atoms with Gasteiger partial charge in [0.25, 0.3) is 0 Å². The summed E-state index contributed by atoms with van der Waals surface area (Å²) in [6.07, 6.45) is 10.3. The standard InChI is InChI=1S/C13H21N3/c1-3-11-4-6-12(7-5-11)16-13-14-8-10(2)9-15-13/h8-9,11-12H,3-7H2,1-2H3,(H,14,15,16). The molecule has 1 aliphatic carbocycles. The second-order valence-corrected chi connectivity index (χ2v) is 4.85. The SMILES string of the molecule is CCC1CCC(Nc2ncc(C)cn2)CC1. The third-order valence-corrected chi connectivity index (χ3v) is 3.54. The van der Waals surface area contributed by atoms with Crippen LogP contribution in [0.15, 0.2) is 12.4 Å². The molecule has 0 amide bonds. The Morgan fingerprint density at radius 1 is 1.19 bits per heavy atom. The molecule has 1 aromatic heterocycles. The topological polar surface area (TPSA) is 37.8 Å². The zero-order valence-corrected chi connectivity index (χ0v) is 10.2. The Balaban J connectivity index is 1.84. The van der Waals surface area contributed by atoms with Gasteiger partial charge in [-0.1, -0.05) is 13.3 Å². The van der Waals surface area contributed by atoms with Crippen LogP contribution in [0.25, 0.3) is 0 Å². The van der Waals surface area contributed by atoms with E-state index >= 15 is 0 Å². The number of nitrogens with zero attached hydrogens (tertiary/aromatic N) is 2. The average Bonchev–Trinajstić information content (AvgIpc) is 2.33. The van der Waals surface area contributed by atoms with Gasteiger partial charge in [0, 0.05) is 18.4 Å². The second-order valence-electron chi connectivity index (χ2n) is 4.85. The Morgan fingerprint density at radius 2 is 1.81 bits per heavy atom. The maximum atomic E-state index is 4.29. The van der Waals surface area contributed by atoms with Crippen LogP contribution < -0.4 is 5.32 Å². The van der Waals surface area contributed by atoms with Crippen molar-refractivity contribution in [2.75, 3.05) is 5.32 Å². The fourth-order valence-electron chi connectivity index (χ4n) is 2.36. The summed E-state index contributed by atoms with van der Waals surface area (Å²) < 4.78 is 0. The molecule has 3 nitrogen and oxygen atoms in total. The molecule has 1 aromatic rings. The van der Waals surface area contributed by atoms with Gasteiger partial charge in [-0.3, -0.25) is 0 Å². The van der Waals surface area contributed by atoms with E-state index in [0.29, 0.717) is 6.04 Å². The van der Waals surface area contributed by atoms with Gasteiger partial charge in [0.2, 0.25) is 5.95 Å². The van der Waals surface area contributed by atoms with Crippen LogP contribution in [0, 0.1) is 12.8 Å². The molecule has 1 fully saturated rings. The summed E-state index contributed by atoms with van der Waals surface area (Å²) in [6, 6.07) is 0.575. The van der Waals surface area contributed by atoms with E-state index in [4.69, 9.17) is 0 Å². The first-order valence-corrected chi connectivity index (χ1v) is 6.33. The van der Waals surface area contributed by atoms with Crippen molar-refractivity contribution in [3.8, 4) is 0 Å². The summed E-state index contributed by atoms with van der Waals surface area (Å²) in [7, 11) is 0. The molecular weight excluding hydrogens is 198 g/mol. The zero-order chi connectivity index (χ0) is 11.4. The van der Waals surface area contributed by atoms with Gasteiger partial charge in [0.05, 0.1) is 0 Å². The van der Waals surface area contributed by atoms with E-state index in [2.05, 4.69) is 22.2 Å². The average molecular weight is 219 g/mol. The number of rotatable bonds is 3. The van der Waals surface area contributed by atoms with Crippen molar-refractivity contribution < 1.29 is 0 Å². The molecule has 1 heterocycles. The molecule has 1 N–H and O–H groups in total. The first kappa shape index (κ1) is 11.4. The minimum atomic E-state index is 0.575. The third-order valence-electron chi connectivity index (χ3n) is 3.54. The van der Waals surface area contributed by atoms with Gasteiger partial charge in [-0.2, -0.15) is 0 Å². The van der Waals surface area contributed by atoms with E-state index in [1.807, 2.05) is 19.3 Å². The van der Waals surface area contributed by atoms with E-state index in [-0.39, 0.29) is 0 Å². The van der Waals surface area contributed by atoms with E-state index in [1.165, 1.54) is 32.1 Å². The summed E-state index contributed by atoms with van der Waals surface area (Å²) in [4.78, 5) is 8.58. The maximum Gasteiger partial charge on any atom is 0.222 e. The number of aryl methyl sites for hydroxylation is 1. The zero-order valence-electron chi connectivity index (χ0n) is 10.2. The van der Waals surface area contributed by atoms with Crippen LogP contribution in [-0.2, 0) is 0 Å². The van der Waals surface area contributed by atoms with Crippen LogP contribution in [-0.4, -0.2) is 16.0 Å². The van der Waals surface area contributed by atoms with Gasteiger partial charge < -0.3 is 5.32 Å². The third kappa shape index (κ3) is 2.94. The number of anilines is 1. The predicted octanol–water partition coefficient (Wildman–Crippen LogP) is 3.17. The number of nitrogens with one attached hydrogen (secondary N) is 1. The Morgan fingerprint density at radius 3 is 2.38 bits per heavy atom. The highest BCUT2D eigenvalue weighted by Crippen LogP contribution is 2.27. The van der Waals surface area contributed by atoms with Crippen LogP contribution in [0.3, 0.4) is 0 Å². The lowest BCUT2D eigenvalue weighted by Gasteiger charge is -2.28. The largest absolute Gasteiger partial charge is 0.351 e. The fraction of sp³-hybridized carbons (Fsp3) is 0.692. The number of aromatic nitrogens is 2. The lowest BCUT2D eigenvalue weighted by atomic mass is 9.85. The van der Waals surface area contributed by atoms with Gasteiger partial charge in [-0.15, -0.1) is 0 Å². The summed E-state index contributed by atoms with van der Waals surface area (Å²) in [5.74, 6) is 1.72. The maximum absolute atomic E-state index is 4.29. The molecule has 3 heteroatoms. The molecule has 2 rings (SSSR count). The van der Waals surface area contributed by atoms with Crippen LogP contribution in [0.4, 0.5) is 5.95 Å². The fourth-order valence-corrected chi connectivity index (χ4v) is 2.36. The van der Waals surface area contributed by atoms with Gasteiger partial charge in [-0.05, 0) is 44.1 Å². The first-order chi connectivity index (χ1) is 7.78. The van der Waals surface area contributed by atoms with Crippen molar-refractivity contribution >= 4 is 5.95 Å². The van der Waals surface area contributed by atoms with Crippen LogP contribution in [0.5, 0.6) is 0 Å². The van der Waals surface area contributed by atoms with Gasteiger partial charge in [-0.25, -0.2) is 9.97 Å². The monoisotopic (exact) mass is 219 g/mol. The van der Waals surface area contributed by atoms with E-state index in [9.17, 15) is 0 Å². The Bertz CT molecular complexity index is 312. The Kier molecular flexibility index (Phi) is 3.75. The molecule has 88 valence electrons. The molecule has 0 saturated heterocycles. The molecule has 0 aliphatic heterocycles. The molecule has 16 heavy (non-hydrogen) atoms. The minimum Gasteiger partial charge on any atom is -0.351 e. The Labute approximate surface area is 97.7 Å². The van der Waals surface area contributed by atoms with E-state index < -0.39 is 0 Å². The van der Waals surface area contributed by atoms with Crippen LogP contribution in [0.1, 0.15) is 44.6 Å². The smallest absolute Gasteiger partial charge is 0.222 e.